The Labute approximate surface area is 50.9 Å². The maximum absolute atomic E-state index is 3.05. The summed E-state index contributed by atoms with van der Waals surface area (Å²) in [4.78, 5) is 0. The molecule has 1 aliphatic rings. The molecule has 0 heteroatoms. The van der Waals surface area contributed by atoms with Crippen molar-refractivity contribution in [3.63, 3.8) is 0 Å². The molecule has 0 bridgehead atoms. The van der Waals surface area contributed by atoms with Gasteiger partial charge in [-0.15, -0.1) is 0 Å². The summed E-state index contributed by atoms with van der Waals surface area (Å²) in [6.07, 6.45) is 15.0. The van der Waals surface area contributed by atoms with Gasteiger partial charge in [0.15, 0.2) is 0 Å². The van der Waals surface area contributed by atoms with Crippen molar-refractivity contribution in [2.45, 2.75) is 25.7 Å². The summed E-state index contributed by atoms with van der Waals surface area (Å²) in [5.41, 5.74) is 0. The van der Waals surface area contributed by atoms with Gasteiger partial charge in [0.1, 0.15) is 0 Å². The van der Waals surface area contributed by atoms with Crippen molar-refractivity contribution >= 4 is 0 Å². The smallest absolute Gasteiger partial charge is 0.0149 e. The predicted octanol–water partition coefficient (Wildman–Crippen LogP) is 2.28. The topological polar surface area (TPSA) is 0 Å². The van der Waals surface area contributed by atoms with E-state index in [0.717, 1.165) is 6.42 Å². The SMILES string of the molecule is [C]1=[C]\CCCC\C=C/1. The molecule has 0 aliphatic heterocycles. The van der Waals surface area contributed by atoms with Crippen LogP contribution in [0.1, 0.15) is 25.7 Å². The van der Waals surface area contributed by atoms with Gasteiger partial charge in [0.25, 0.3) is 0 Å². The maximum Gasteiger partial charge on any atom is -0.0149 e. The average Bonchev–Trinajstić information content (AvgIpc) is 1.62. The molecule has 0 spiro atoms. The van der Waals surface area contributed by atoms with E-state index >= 15 is 0 Å². The summed E-state index contributed by atoms with van der Waals surface area (Å²) in [5.74, 6) is 0. The fraction of sp³-hybridized carbons (Fsp3) is 0.500. The van der Waals surface area contributed by atoms with Crippen LogP contribution in [-0.4, -0.2) is 0 Å². The van der Waals surface area contributed by atoms with Crippen LogP contribution in [0.2, 0.25) is 0 Å². The molecule has 0 saturated carbocycles. The standard InChI is InChI=1S/C8H10/c1-2-4-6-8-7-5-3-1/h1-2H,3,5,7-8H2/b2-1-,6-4?. The zero-order valence-electron chi connectivity index (χ0n) is 4.98. The van der Waals surface area contributed by atoms with Gasteiger partial charge in [-0.05, 0) is 37.8 Å². The Morgan fingerprint density at radius 2 is 2.25 bits per heavy atom. The van der Waals surface area contributed by atoms with Crippen molar-refractivity contribution in [1.82, 2.24) is 0 Å². The Morgan fingerprint density at radius 3 is 3.25 bits per heavy atom. The van der Waals surface area contributed by atoms with Crippen LogP contribution in [0.4, 0.5) is 0 Å². The molecule has 1 aliphatic carbocycles. The lowest BCUT2D eigenvalue weighted by Gasteiger charge is -1.93. The van der Waals surface area contributed by atoms with Gasteiger partial charge < -0.3 is 0 Å². The summed E-state index contributed by atoms with van der Waals surface area (Å²) in [6, 6.07) is 0. The van der Waals surface area contributed by atoms with E-state index in [0.29, 0.717) is 0 Å². The molecule has 0 N–H and O–H groups in total. The fourth-order valence-electron chi connectivity index (χ4n) is 0.749. The highest BCUT2D eigenvalue weighted by Gasteiger charge is 1.85. The number of allylic oxidation sites excluding steroid dienone is 4. The minimum atomic E-state index is 1.09. The van der Waals surface area contributed by atoms with E-state index in [9.17, 15) is 0 Å². The highest BCUT2D eigenvalue weighted by atomic mass is 13.9. The van der Waals surface area contributed by atoms with E-state index in [2.05, 4.69) is 18.2 Å². The fourth-order valence-corrected chi connectivity index (χ4v) is 0.749. The van der Waals surface area contributed by atoms with Crippen LogP contribution in [0.25, 0.3) is 0 Å². The third-order valence-corrected chi connectivity index (χ3v) is 1.23. The van der Waals surface area contributed by atoms with Crippen molar-refractivity contribution in [3.05, 3.63) is 24.3 Å². The van der Waals surface area contributed by atoms with E-state index in [1.165, 1.54) is 19.3 Å². The van der Waals surface area contributed by atoms with Crippen molar-refractivity contribution < 1.29 is 0 Å². The van der Waals surface area contributed by atoms with Gasteiger partial charge in [0, 0.05) is 0 Å². The zero-order chi connectivity index (χ0) is 5.66. The highest BCUT2D eigenvalue weighted by Crippen LogP contribution is 2.03. The summed E-state index contributed by atoms with van der Waals surface area (Å²) in [7, 11) is 0. The molecule has 0 aromatic carbocycles. The molecule has 0 aromatic rings. The largest absolute Gasteiger partial charge is 0.0839 e. The molecule has 0 fully saturated rings. The monoisotopic (exact) mass is 106 g/mol. The first kappa shape index (κ1) is 5.61. The van der Waals surface area contributed by atoms with Gasteiger partial charge in [0.05, 0.1) is 0 Å². The lowest BCUT2D eigenvalue weighted by atomic mass is 10.1. The molecular formula is C8H10. The molecule has 0 nitrogen and oxygen atoms in total. The molecule has 0 heterocycles. The Hall–Kier alpha value is -0.520. The lowest BCUT2D eigenvalue weighted by molar-refractivity contribution is 0.748. The Balaban J connectivity index is 2.33. The van der Waals surface area contributed by atoms with Crippen LogP contribution < -0.4 is 0 Å². The molecule has 0 atom stereocenters. The van der Waals surface area contributed by atoms with Crippen LogP contribution in [-0.2, 0) is 0 Å². The normalized spacial score (nSPS) is 28.0. The number of rotatable bonds is 0. The van der Waals surface area contributed by atoms with Gasteiger partial charge in [-0.1, -0.05) is 12.2 Å². The van der Waals surface area contributed by atoms with Crippen molar-refractivity contribution in [2.75, 3.05) is 0 Å². The first-order valence-electron chi connectivity index (χ1n) is 3.13. The Bertz CT molecular complexity index is 84.6. The summed E-state index contributed by atoms with van der Waals surface area (Å²) >= 11 is 0. The van der Waals surface area contributed by atoms with Gasteiger partial charge >= 0.3 is 0 Å². The molecule has 42 valence electrons. The highest BCUT2D eigenvalue weighted by molar-refractivity contribution is 4.93. The average molecular weight is 106 g/mol. The predicted molar refractivity (Wildman–Crippen MR) is 34.1 cm³/mol. The molecule has 0 amide bonds. The Kier molecular flexibility index (Phi) is 2.44. The molecule has 1 rings (SSSR count). The van der Waals surface area contributed by atoms with Gasteiger partial charge in [-0.3, -0.25) is 0 Å². The second-order valence-corrected chi connectivity index (χ2v) is 1.97. The lowest BCUT2D eigenvalue weighted by Crippen LogP contribution is -1.75. The van der Waals surface area contributed by atoms with Crippen LogP contribution in [0.5, 0.6) is 0 Å². The quantitative estimate of drug-likeness (QED) is 0.444. The zero-order valence-corrected chi connectivity index (χ0v) is 4.98. The third kappa shape index (κ3) is 1.97. The van der Waals surface area contributed by atoms with E-state index in [1.54, 1.807) is 0 Å². The minimum Gasteiger partial charge on any atom is -0.0839 e. The van der Waals surface area contributed by atoms with Gasteiger partial charge in [0.2, 0.25) is 0 Å². The Morgan fingerprint density at radius 1 is 1.25 bits per heavy atom. The van der Waals surface area contributed by atoms with E-state index in [1.807, 2.05) is 6.08 Å². The number of hydrogen-bond donors (Lipinski definition) is 0. The molecule has 2 radical (unpaired) electrons. The summed E-state index contributed by atoms with van der Waals surface area (Å²) < 4.78 is 0. The second-order valence-electron chi connectivity index (χ2n) is 1.97. The van der Waals surface area contributed by atoms with Crippen molar-refractivity contribution in [1.29, 1.82) is 0 Å². The number of hydrogen-bond acceptors (Lipinski definition) is 0. The van der Waals surface area contributed by atoms with Gasteiger partial charge in [-0.25, -0.2) is 0 Å². The van der Waals surface area contributed by atoms with Gasteiger partial charge in [-0.2, -0.15) is 0 Å². The van der Waals surface area contributed by atoms with Crippen LogP contribution in [0, 0.1) is 12.2 Å². The maximum atomic E-state index is 3.05. The third-order valence-electron chi connectivity index (χ3n) is 1.23. The van der Waals surface area contributed by atoms with Crippen LogP contribution in [0.3, 0.4) is 0 Å². The van der Waals surface area contributed by atoms with E-state index in [-0.39, 0.29) is 0 Å². The molecule has 0 saturated heterocycles. The molecule has 0 unspecified atom stereocenters. The first-order valence-corrected chi connectivity index (χ1v) is 3.13. The molecule has 8 heavy (non-hydrogen) atoms. The molecule has 0 aromatic heterocycles. The minimum absolute atomic E-state index is 1.09. The van der Waals surface area contributed by atoms with Crippen LogP contribution in [0.15, 0.2) is 12.2 Å². The van der Waals surface area contributed by atoms with Crippen molar-refractivity contribution in [3.8, 4) is 0 Å². The first-order chi connectivity index (χ1) is 4.00. The summed E-state index contributed by atoms with van der Waals surface area (Å²) in [6.45, 7) is 0. The van der Waals surface area contributed by atoms with E-state index in [4.69, 9.17) is 0 Å². The molecular weight excluding hydrogens is 96.1 g/mol. The van der Waals surface area contributed by atoms with E-state index < -0.39 is 0 Å². The summed E-state index contributed by atoms with van der Waals surface area (Å²) in [5, 5.41) is 0. The van der Waals surface area contributed by atoms with Crippen LogP contribution >= 0.6 is 0 Å². The van der Waals surface area contributed by atoms with Crippen molar-refractivity contribution in [2.24, 2.45) is 0 Å². The second kappa shape index (κ2) is 3.48.